The number of anilines is 1. The number of nitrogens with zero attached hydrogens (tertiary/aromatic N) is 1. The maximum atomic E-state index is 12.8. The van der Waals surface area contributed by atoms with Gasteiger partial charge in [-0.1, -0.05) is 6.42 Å². The predicted molar refractivity (Wildman–Crippen MR) is 78.3 cm³/mol. The smallest absolute Gasteiger partial charge is 0.321 e. The number of rotatable bonds is 4. The zero-order valence-electron chi connectivity index (χ0n) is 11.9. The molecule has 1 saturated heterocycles. The average Bonchev–Trinajstić information content (AvgIpc) is 2.48. The first-order chi connectivity index (χ1) is 9.65. The molecule has 1 aliphatic rings. The highest BCUT2D eigenvalue weighted by Gasteiger charge is 2.15. The van der Waals surface area contributed by atoms with E-state index in [1.165, 1.54) is 31.4 Å². The van der Waals surface area contributed by atoms with Crippen molar-refractivity contribution in [3.63, 3.8) is 0 Å². The number of benzene rings is 1. The molecule has 1 fully saturated rings. The lowest BCUT2D eigenvalue weighted by molar-refractivity contribution is 0.218. The molecule has 0 aromatic heterocycles. The third kappa shape index (κ3) is 4.49. The van der Waals surface area contributed by atoms with Crippen molar-refractivity contribution in [2.24, 2.45) is 0 Å². The second-order valence-electron chi connectivity index (χ2n) is 5.29. The lowest BCUT2D eigenvalue weighted by Crippen LogP contribution is -2.39. The van der Waals surface area contributed by atoms with E-state index in [4.69, 9.17) is 0 Å². The van der Waals surface area contributed by atoms with Crippen LogP contribution in [0.5, 0.6) is 0 Å². The fraction of sp³-hybridized carbons (Fsp3) is 0.533. The molecule has 1 aliphatic heterocycles. The van der Waals surface area contributed by atoms with Crippen LogP contribution < -0.4 is 10.6 Å². The van der Waals surface area contributed by atoms with Gasteiger partial charge in [-0.3, -0.25) is 0 Å². The summed E-state index contributed by atoms with van der Waals surface area (Å²) in [7, 11) is 1.78. The molecule has 1 aromatic rings. The van der Waals surface area contributed by atoms with Crippen LogP contribution in [-0.4, -0.2) is 37.1 Å². The van der Waals surface area contributed by atoms with Crippen LogP contribution in [0.25, 0.3) is 0 Å². The van der Waals surface area contributed by atoms with Gasteiger partial charge in [0.05, 0.1) is 0 Å². The second kappa shape index (κ2) is 7.24. The number of carbonyl (C=O) groups excluding carboxylic acids is 1. The number of piperidine rings is 1. The molecule has 0 radical (unpaired) electrons. The van der Waals surface area contributed by atoms with E-state index in [1.807, 2.05) is 0 Å². The molecule has 20 heavy (non-hydrogen) atoms. The van der Waals surface area contributed by atoms with E-state index < -0.39 is 0 Å². The number of nitrogens with one attached hydrogen (secondary N) is 2. The lowest BCUT2D eigenvalue weighted by Gasteiger charge is -2.26. The Balaban J connectivity index is 1.75. The van der Waals surface area contributed by atoms with Crippen LogP contribution in [-0.2, 0) is 0 Å². The number of urea groups is 1. The summed E-state index contributed by atoms with van der Waals surface area (Å²) in [5, 5.41) is 6.23. The summed E-state index contributed by atoms with van der Waals surface area (Å²) in [5.74, 6) is -0.306. The summed E-state index contributed by atoms with van der Waals surface area (Å²) in [4.78, 5) is 13.6. The molecule has 2 N–H and O–H groups in total. The van der Waals surface area contributed by atoms with Crippen molar-refractivity contribution in [3.05, 3.63) is 30.1 Å². The molecule has 2 amide bonds. The van der Waals surface area contributed by atoms with Crippen LogP contribution in [0.1, 0.15) is 25.7 Å². The van der Waals surface area contributed by atoms with Gasteiger partial charge in [-0.25, -0.2) is 9.18 Å². The molecule has 1 heterocycles. The Kier molecular flexibility index (Phi) is 5.35. The molecule has 4 nitrogen and oxygen atoms in total. The van der Waals surface area contributed by atoms with Gasteiger partial charge < -0.3 is 15.5 Å². The van der Waals surface area contributed by atoms with E-state index in [0.29, 0.717) is 18.3 Å². The predicted octanol–water partition coefficient (Wildman–Crippen LogP) is 2.82. The standard InChI is InChI=1S/C15H22FN3O/c1-19(11-9-13-4-2-3-10-17-13)15(20)18-14-7-5-12(16)6-8-14/h5-8,13,17H,2-4,9-11H2,1H3,(H,18,20). The highest BCUT2D eigenvalue weighted by atomic mass is 19.1. The Bertz CT molecular complexity index is 429. The Morgan fingerprint density at radius 1 is 1.40 bits per heavy atom. The summed E-state index contributed by atoms with van der Waals surface area (Å²) in [6.45, 7) is 1.79. The summed E-state index contributed by atoms with van der Waals surface area (Å²) in [5.41, 5.74) is 0.610. The normalized spacial score (nSPS) is 18.6. The maximum Gasteiger partial charge on any atom is 0.321 e. The average molecular weight is 279 g/mol. The Morgan fingerprint density at radius 3 is 2.80 bits per heavy atom. The Morgan fingerprint density at radius 2 is 2.15 bits per heavy atom. The van der Waals surface area contributed by atoms with Crippen molar-refractivity contribution in [1.82, 2.24) is 10.2 Å². The highest BCUT2D eigenvalue weighted by molar-refractivity contribution is 5.89. The van der Waals surface area contributed by atoms with Crippen molar-refractivity contribution in [2.45, 2.75) is 31.7 Å². The molecule has 0 aliphatic carbocycles. The largest absolute Gasteiger partial charge is 0.328 e. The number of halogens is 1. The summed E-state index contributed by atoms with van der Waals surface area (Å²) in [6.07, 6.45) is 4.67. The second-order valence-corrected chi connectivity index (χ2v) is 5.29. The minimum absolute atomic E-state index is 0.160. The third-order valence-corrected chi connectivity index (χ3v) is 3.67. The van der Waals surface area contributed by atoms with E-state index in [9.17, 15) is 9.18 Å². The van der Waals surface area contributed by atoms with Gasteiger partial charge >= 0.3 is 6.03 Å². The molecule has 1 atom stereocenters. The van der Waals surface area contributed by atoms with Gasteiger partial charge in [-0.05, 0) is 50.1 Å². The molecule has 110 valence electrons. The summed E-state index contributed by atoms with van der Waals surface area (Å²) < 4.78 is 12.8. The van der Waals surface area contributed by atoms with Crippen molar-refractivity contribution in [2.75, 3.05) is 25.5 Å². The van der Waals surface area contributed by atoms with E-state index in [-0.39, 0.29) is 11.8 Å². The monoisotopic (exact) mass is 279 g/mol. The molecule has 0 saturated carbocycles. The molecule has 5 heteroatoms. The molecular weight excluding hydrogens is 257 g/mol. The van der Waals surface area contributed by atoms with Gasteiger partial charge in [-0.2, -0.15) is 0 Å². The van der Waals surface area contributed by atoms with Crippen molar-refractivity contribution < 1.29 is 9.18 Å². The van der Waals surface area contributed by atoms with Gasteiger partial charge in [0.1, 0.15) is 5.82 Å². The first-order valence-corrected chi connectivity index (χ1v) is 7.16. The van der Waals surface area contributed by atoms with Crippen molar-refractivity contribution in [3.8, 4) is 0 Å². The highest BCUT2D eigenvalue weighted by Crippen LogP contribution is 2.12. The van der Waals surface area contributed by atoms with Crippen molar-refractivity contribution in [1.29, 1.82) is 0 Å². The zero-order valence-corrected chi connectivity index (χ0v) is 11.9. The van der Waals surface area contributed by atoms with Crippen LogP contribution in [0.4, 0.5) is 14.9 Å². The SMILES string of the molecule is CN(CCC1CCCCN1)C(=O)Nc1ccc(F)cc1. The quantitative estimate of drug-likeness (QED) is 0.890. The van der Waals surface area contributed by atoms with Gasteiger partial charge in [0, 0.05) is 25.3 Å². The van der Waals surface area contributed by atoms with Crippen LogP contribution in [0.2, 0.25) is 0 Å². The van der Waals surface area contributed by atoms with Gasteiger partial charge in [0.2, 0.25) is 0 Å². The number of amides is 2. The van der Waals surface area contributed by atoms with E-state index in [2.05, 4.69) is 10.6 Å². The van der Waals surface area contributed by atoms with Gasteiger partial charge in [0.25, 0.3) is 0 Å². The van der Waals surface area contributed by atoms with Gasteiger partial charge in [0.15, 0.2) is 0 Å². The zero-order chi connectivity index (χ0) is 14.4. The molecule has 1 aromatic carbocycles. The van der Waals surface area contributed by atoms with Crippen LogP contribution in [0.3, 0.4) is 0 Å². The third-order valence-electron chi connectivity index (χ3n) is 3.67. The summed E-state index contributed by atoms with van der Waals surface area (Å²) in [6, 6.07) is 6.15. The Labute approximate surface area is 119 Å². The van der Waals surface area contributed by atoms with E-state index >= 15 is 0 Å². The fourth-order valence-corrected chi connectivity index (χ4v) is 2.37. The van der Waals surface area contributed by atoms with E-state index in [0.717, 1.165) is 13.0 Å². The number of carbonyl (C=O) groups is 1. The first kappa shape index (κ1) is 14.8. The number of hydrogen-bond acceptors (Lipinski definition) is 2. The number of hydrogen-bond donors (Lipinski definition) is 2. The fourth-order valence-electron chi connectivity index (χ4n) is 2.37. The maximum absolute atomic E-state index is 12.8. The molecule has 0 spiro atoms. The minimum atomic E-state index is -0.306. The molecule has 0 bridgehead atoms. The van der Waals surface area contributed by atoms with Crippen LogP contribution >= 0.6 is 0 Å². The Hall–Kier alpha value is -1.62. The van der Waals surface area contributed by atoms with Crippen LogP contribution in [0, 0.1) is 5.82 Å². The first-order valence-electron chi connectivity index (χ1n) is 7.16. The molecule has 2 rings (SSSR count). The summed E-state index contributed by atoms with van der Waals surface area (Å²) >= 11 is 0. The topological polar surface area (TPSA) is 44.4 Å². The van der Waals surface area contributed by atoms with Gasteiger partial charge in [-0.15, -0.1) is 0 Å². The van der Waals surface area contributed by atoms with Crippen LogP contribution in [0.15, 0.2) is 24.3 Å². The van der Waals surface area contributed by atoms with E-state index in [1.54, 1.807) is 24.1 Å². The van der Waals surface area contributed by atoms with Crippen molar-refractivity contribution >= 4 is 11.7 Å². The minimum Gasteiger partial charge on any atom is -0.328 e. The molecular formula is C15H22FN3O. The molecule has 1 unspecified atom stereocenters. The lowest BCUT2D eigenvalue weighted by atomic mass is 10.0.